The minimum Gasteiger partial charge on any atom is -0.452 e. The van der Waals surface area contributed by atoms with Crippen molar-refractivity contribution in [2.75, 3.05) is 0 Å². The highest BCUT2D eigenvalue weighted by Crippen LogP contribution is 2.46. The molecule has 1 aliphatic carbocycles. The van der Waals surface area contributed by atoms with Crippen LogP contribution in [0.5, 0.6) is 0 Å². The molecule has 266 valence electrons. The second-order valence-electron chi connectivity index (χ2n) is 15.1. The van der Waals surface area contributed by atoms with E-state index in [9.17, 15) is 0 Å². The Bertz CT molecular complexity index is 3470. The SMILES string of the molecule is C1=Cc2c(c(-c3cccc(-c4ccc5oc6c(ccc7c8ccccc8oc76)c5c4)c3)c3ccccc3c2-c2ccc(-c3cccc4ccccc34)cc2)C=CC1. The van der Waals surface area contributed by atoms with Crippen molar-refractivity contribution < 1.29 is 8.83 Å². The van der Waals surface area contributed by atoms with Crippen LogP contribution in [0.2, 0.25) is 0 Å². The van der Waals surface area contributed by atoms with Crippen molar-refractivity contribution in [2.24, 2.45) is 0 Å². The Morgan fingerprint density at radius 1 is 0.333 bits per heavy atom. The fourth-order valence-corrected chi connectivity index (χ4v) is 9.24. The number of rotatable bonds is 4. The molecule has 0 saturated heterocycles. The summed E-state index contributed by atoms with van der Waals surface area (Å²) in [6.07, 6.45) is 10.1. The van der Waals surface area contributed by atoms with Crippen molar-refractivity contribution in [2.45, 2.75) is 6.42 Å². The molecule has 0 spiro atoms. The van der Waals surface area contributed by atoms with Gasteiger partial charge >= 0.3 is 0 Å². The Hall–Kier alpha value is -7.42. The van der Waals surface area contributed by atoms with Gasteiger partial charge in [0.15, 0.2) is 11.2 Å². The molecule has 9 aromatic carbocycles. The van der Waals surface area contributed by atoms with Gasteiger partial charge in [-0.1, -0.05) is 158 Å². The molecule has 0 saturated carbocycles. The molecule has 2 heteroatoms. The largest absolute Gasteiger partial charge is 0.452 e. The van der Waals surface area contributed by atoms with Gasteiger partial charge < -0.3 is 8.83 Å². The molecular weight excluding hydrogens is 693 g/mol. The number of furan rings is 2. The first-order valence-electron chi connectivity index (χ1n) is 19.6. The normalized spacial score (nSPS) is 12.7. The van der Waals surface area contributed by atoms with Crippen LogP contribution in [-0.4, -0.2) is 0 Å². The molecule has 0 unspecified atom stereocenters. The number of fused-ring (bicyclic) bond motifs is 10. The van der Waals surface area contributed by atoms with Crippen LogP contribution in [-0.2, 0) is 0 Å². The lowest BCUT2D eigenvalue weighted by Crippen LogP contribution is -1.96. The van der Waals surface area contributed by atoms with Crippen LogP contribution in [0, 0.1) is 0 Å². The van der Waals surface area contributed by atoms with E-state index in [1.54, 1.807) is 0 Å². The molecular formula is C55H34O2. The zero-order chi connectivity index (χ0) is 37.5. The van der Waals surface area contributed by atoms with E-state index in [2.05, 4.69) is 176 Å². The van der Waals surface area contributed by atoms with Gasteiger partial charge in [0.2, 0.25) is 0 Å². The summed E-state index contributed by atoms with van der Waals surface area (Å²) < 4.78 is 12.8. The molecule has 1 aliphatic rings. The summed E-state index contributed by atoms with van der Waals surface area (Å²) in [6, 6.07) is 61.3. The zero-order valence-electron chi connectivity index (χ0n) is 31.0. The van der Waals surface area contributed by atoms with Crippen LogP contribution in [0.15, 0.2) is 191 Å². The van der Waals surface area contributed by atoms with Crippen LogP contribution in [0.4, 0.5) is 0 Å². The first-order chi connectivity index (χ1) is 28.3. The first kappa shape index (κ1) is 31.9. The standard InChI is InChI=1S/C55H34O2/c1-2-18-43-45(19-3-1)53(46-21-7-6-20-44(46)52(43)36-26-24-35(25-27-36)41-22-11-13-34-12-4-5-16-40(34)41)39-15-10-14-37(32-39)38-28-31-51-49(33-38)48-30-29-47-42-17-8-9-23-50(42)56-54(47)55(48)57-51/h2-33H,1H2. The van der Waals surface area contributed by atoms with Crippen molar-refractivity contribution >= 4 is 77.6 Å². The van der Waals surface area contributed by atoms with Gasteiger partial charge in [-0.15, -0.1) is 0 Å². The summed E-state index contributed by atoms with van der Waals surface area (Å²) in [5.41, 5.74) is 15.5. The van der Waals surface area contributed by atoms with Crippen LogP contribution < -0.4 is 0 Å². The van der Waals surface area contributed by atoms with E-state index in [4.69, 9.17) is 8.83 Å². The molecule has 0 fully saturated rings. The number of hydrogen-bond donors (Lipinski definition) is 0. The maximum atomic E-state index is 6.49. The molecule has 2 nitrogen and oxygen atoms in total. The fraction of sp³-hybridized carbons (Fsp3) is 0.0182. The number of allylic oxidation sites excluding steroid dienone is 2. The van der Waals surface area contributed by atoms with E-state index in [-0.39, 0.29) is 0 Å². The lowest BCUT2D eigenvalue weighted by molar-refractivity contribution is 0.633. The van der Waals surface area contributed by atoms with E-state index < -0.39 is 0 Å². The molecule has 12 rings (SSSR count). The van der Waals surface area contributed by atoms with Gasteiger partial charge in [-0.2, -0.15) is 0 Å². The topological polar surface area (TPSA) is 26.3 Å². The summed E-state index contributed by atoms with van der Waals surface area (Å²) in [6.45, 7) is 0. The Morgan fingerprint density at radius 2 is 0.877 bits per heavy atom. The van der Waals surface area contributed by atoms with Gasteiger partial charge in [0.25, 0.3) is 0 Å². The third-order valence-electron chi connectivity index (χ3n) is 11.9. The van der Waals surface area contributed by atoms with E-state index in [0.717, 1.165) is 61.4 Å². The van der Waals surface area contributed by atoms with Gasteiger partial charge in [0, 0.05) is 21.5 Å². The summed E-state index contributed by atoms with van der Waals surface area (Å²) in [5.74, 6) is 0. The van der Waals surface area contributed by atoms with Crippen LogP contribution in [0.25, 0.3) is 122 Å². The van der Waals surface area contributed by atoms with E-state index >= 15 is 0 Å². The molecule has 11 aromatic rings. The van der Waals surface area contributed by atoms with Crippen molar-refractivity contribution in [1.29, 1.82) is 0 Å². The van der Waals surface area contributed by atoms with Gasteiger partial charge in [-0.25, -0.2) is 0 Å². The predicted octanol–water partition coefficient (Wildman–Crippen LogP) is 15.9. The average molecular weight is 727 g/mol. The monoisotopic (exact) mass is 726 g/mol. The number of para-hydroxylation sites is 1. The third-order valence-corrected chi connectivity index (χ3v) is 11.9. The lowest BCUT2D eigenvalue weighted by atomic mass is 9.83. The van der Waals surface area contributed by atoms with Crippen molar-refractivity contribution in [3.05, 3.63) is 193 Å². The minimum atomic E-state index is 0.793. The summed E-state index contributed by atoms with van der Waals surface area (Å²) >= 11 is 0. The molecule has 0 radical (unpaired) electrons. The van der Waals surface area contributed by atoms with E-state index in [1.165, 1.54) is 66.1 Å². The van der Waals surface area contributed by atoms with Crippen molar-refractivity contribution in [3.8, 4) is 44.5 Å². The Kier molecular flexibility index (Phi) is 7.02. The van der Waals surface area contributed by atoms with E-state index in [0.29, 0.717) is 0 Å². The Morgan fingerprint density at radius 3 is 1.65 bits per heavy atom. The second kappa shape index (κ2) is 12.6. The second-order valence-corrected chi connectivity index (χ2v) is 15.1. The smallest absolute Gasteiger partial charge is 0.178 e. The predicted molar refractivity (Wildman–Crippen MR) is 240 cm³/mol. The molecule has 0 atom stereocenters. The molecule has 0 N–H and O–H groups in total. The summed E-state index contributed by atoms with van der Waals surface area (Å²) in [5, 5.41) is 9.34. The Balaban J connectivity index is 1.00. The first-order valence-corrected chi connectivity index (χ1v) is 19.6. The van der Waals surface area contributed by atoms with Gasteiger partial charge in [0.1, 0.15) is 11.2 Å². The molecule has 0 bridgehead atoms. The molecule has 2 heterocycles. The highest BCUT2D eigenvalue weighted by Gasteiger charge is 2.21. The highest BCUT2D eigenvalue weighted by atomic mass is 16.4. The maximum absolute atomic E-state index is 6.49. The minimum absolute atomic E-state index is 0.793. The van der Waals surface area contributed by atoms with Crippen LogP contribution in [0.3, 0.4) is 0 Å². The van der Waals surface area contributed by atoms with Crippen LogP contribution >= 0.6 is 0 Å². The maximum Gasteiger partial charge on any atom is 0.178 e. The molecule has 0 aliphatic heterocycles. The van der Waals surface area contributed by atoms with Gasteiger partial charge in [-0.05, 0) is 120 Å². The van der Waals surface area contributed by atoms with Gasteiger partial charge in [0.05, 0.1) is 0 Å². The van der Waals surface area contributed by atoms with Crippen molar-refractivity contribution in [3.63, 3.8) is 0 Å². The Labute approximate surface area is 329 Å². The quantitative estimate of drug-likeness (QED) is 0.180. The average Bonchev–Trinajstić information content (AvgIpc) is 3.75. The molecule has 57 heavy (non-hydrogen) atoms. The van der Waals surface area contributed by atoms with E-state index in [1.807, 2.05) is 18.2 Å². The fourth-order valence-electron chi connectivity index (χ4n) is 9.24. The zero-order valence-corrected chi connectivity index (χ0v) is 31.0. The van der Waals surface area contributed by atoms with Crippen LogP contribution in [0.1, 0.15) is 17.5 Å². The molecule has 2 aromatic heterocycles. The third kappa shape index (κ3) is 4.97. The lowest BCUT2D eigenvalue weighted by Gasteiger charge is -2.20. The molecule has 0 amide bonds. The number of hydrogen-bond acceptors (Lipinski definition) is 2. The highest BCUT2D eigenvalue weighted by molar-refractivity contribution is 6.19. The van der Waals surface area contributed by atoms with Gasteiger partial charge in [-0.3, -0.25) is 0 Å². The summed E-state index contributed by atoms with van der Waals surface area (Å²) in [4.78, 5) is 0. The number of benzene rings is 9. The van der Waals surface area contributed by atoms with Crippen molar-refractivity contribution in [1.82, 2.24) is 0 Å². The summed E-state index contributed by atoms with van der Waals surface area (Å²) in [7, 11) is 0.